The molecule has 2 nitrogen and oxygen atoms in total. The molecule has 0 radical (unpaired) electrons. The lowest BCUT2D eigenvalue weighted by Gasteiger charge is -1.99. The van der Waals surface area contributed by atoms with Crippen molar-refractivity contribution in [2.24, 2.45) is 0 Å². The molecule has 0 fully saturated rings. The highest BCUT2D eigenvalue weighted by Gasteiger charge is 2.07. The standard InChI is InChI=1S/C7H3Cl2NO/c8-6-4(3-10)1-2-5(11)7(6)9/h1-2,11H. The van der Waals surface area contributed by atoms with Gasteiger partial charge in [-0.15, -0.1) is 0 Å². The number of benzene rings is 1. The maximum absolute atomic E-state index is 8.99. The number of phenolic OH excluding ortho intramolecular Hbond substituents is 1. The average molecular weight is 188 g/mol. The van der Waals surface area contributed by atoms with Gasteiger partial charge in [-0.2, -0.15) is 5.26 Å². The van der Waals surface area contributed by atoms with Crippen LogP contribution >= 0.6 is 23.2 Å². The lowest BCUT2D eigenvalue weighted by atomic mass is 10.2. The number of aromatic hydroxyl groups is 1. The lowest BCUT2D eigenvalue weighted by Crippen LogP contribution is -1.77. The van der Waals surface area contributed by atoms with Gasteiger partial charge in [-0.3, -0.25) is 0 Å². The van der Waals surface area contributed by atoms with Gasteiger partial charge in [0, 0.05) is 0 Å². The van der Waals surface area contributed by atoms with Crippen LogP contribution in [0.2, 0.25) is 10.0 Å². The first-order valence-corrected chi connectivity index (χ1v) is 3.49. The van der Waals surface area contributed by atoms with Crippen molar-refractivity contribution in [2.45, 2.75) is 0 Å². The van der Waals surface area contributed by atoms with E-state index in [1.54, 1.807) is 0 Å². The van der Waals surface area contributed by atoms with Crippen LogP contribution in [0, 0.1) is 11.3 Å². The minimum atomic E-state index is -0.115. The molecule has 1 aromatic carbocycles. The van der Waals surface area contributed by atoms with Gasteiger partial charge in [-0.25, -0.2) is 0 Å². The van der Waals surface area contributed by atoms with Gasteiger partial charge in [-0.05, 0) is 12.1 Å². The molecule has 0 spiro atoms. The van der Waals surface area contributed by atoms with Crippen molar-refractivity contribution >= 4 is 23.2 Å². The van der Waals surface area contributed by atoms with Crippen molar-refractivity contribution in [3.63, 3.8) is 0 Å². The van der Waals surface area contributed by atoms with Crippen LogP contribution in [0.1, 0.15) is 5.56 Å². The summed E-state index contributed by atoms with van der Waals surface area (Å²) in [7, 11) is 0. The van der Waals surface area contributed by atoms with Crippen LogP contribution in [-0.2, 0) is 0 Å². The monoisotopic (exact) mass is 187 g/mol. The molecule has 1 rings (SSSR count). The second-order valence-electron chi connectivity index (χ2n) is 1.87. The fourth-order valence-electron chi connectivity index (χ4n) is 0.626. The second kappa shape index (κ2) is 3.00. The Labute approximate surface area is 73.6 Å². The molecular formula is C7H3Cl2NO. The highest BCUT2D eigenvalue weighted by atomic mass is 35.5. The van der Waals surface area contributed by atoms with E-state index in [2.05, 4.69) is 0 Å². The van der Waals surface area contributed by atoms with E-state index in [-0.39, 0.29) is 21.4 Å². The Balaban J connectivity index is 3.40. The number of rotatable bonds is 0. The Hall–Kier alpha value is -0.910. The van der Waals surface area contributed by atoms with Crippen LogP contribution in [0.15, 0.2) is 12.1 Å². The summed E-state index contributed by atoms with van der Waals surface area (Å²) in [6.45, 7) is 0. The normalized spacial score (nSPS) is 9.18. The summed E-state index contributed by atoms with van der Waals surface area (Å²) in [6, 6.07) is 4.57. The van der Waals surface area contributed by atoms with E-state index in [4.69, 9.17) is 33.6 Å². The quantitative estimate of drug-likeness (QED) is 0.679. The van der Waals surface area contributed by atoms with Crippen molar-refractivity contribution in [2.75, 3.05) is 0 Å². The van der Waals surface area contributed by atoms with Gasteiger partial charge in [-0.1, -0.05) is 23.2 Å². The third-order valence-electron chi connectivity index (χ3n) is 1.18. The van der Waals surface area contributed by atoms with E-state index >= 15 is 0 Å². The summed E-state index contributed by atoms with van der Waals surface area (Å²) in [5.41, 5.74) is 0.259. The van der Waals surface area contributed by atoms with Crippen molar-refractivity contribution in [3.05, 3.63) is 27.7 Å². The second-order valence-corrected chi connectivity index (χ2v) is 2.63. The molecule has 0 atom stereocenters. The molecule has 0 aliphatic carbocycles. The third kappa shape index (κ3) is 1.40. The maximum atomic E-state index is 8.99. The predicted molar refractivity (Wildman–Crippen MR) is 42.8 cm³/mol. The zero-order valence-electron chi connectivity index (χ0n) is 5.31. The van der Waals surface area contributed by atoms with Crippen LogP contribution in [0.5, 0.6) is 5.75 Å². The molecule has 1 aromatic rings. The van der Waals surface area contributed by atoms with Crippen LogP contribution in [-0.4, -0.2) is 5.11 Å². The Kier molecular flexibility index (Phi) is 2.23. The number of hydrogen-bond donors (Lipinski definition) is 1. The molecule has 11 heavy (non-hydrogen) atoms. The summed E-state index contributed by atoms with van der Waals surface area (Å²) in [5, 5.41) is 17.6. The largest absolute Gasteiger partial charge is 0.506 e. The molecule has 56 valence electrons. The molecule has 0 saturated heterocycles. The molecular weight excluding hydrogens is 185 g/mol. The molecule has 0 amide bonds. The van der Waals surface area contributed by atoms with Crippen molar-refractivity contribution in [1.82, 2.24) is 0 Å². The molecule has 0 unspecified atom stereocenters. The van der Waals surface area contributed by atoms with Crippen LogP contribution < -0.4 is 0 Å². The predicted octanol–water partition coefficient (Wildman–Crippen LogP) is 2.57. The summed E-state index contributed by atoms with van der Waals surface area (Å²) in [6.07, 6.45) is 0. The summed E-state index contributed by atoms with van der Waals surface area (Å²) in [5.74, 6) is -0.115. The van der Waals surface area contributed by atoms with E-state index in [0.717, 1.165) is 0 Å². The SMILES string of the molecule is N#Cc1ccc(O)c(Cl)c1Cl. The Morgan fingerprint density at radius 2 is 1.91 bits per heavy atom. The molecule has 4 heteroatoms. The summed E-state index contributed by atoms with van der Waals surface area (Å²) < 4.78 is 0. The van der Waals surface area contributed by atoms with Gasteiger partial charge in [0.25, 0.3) is 0 Å². The van der Waals surface area contributed by atoms with Gasteiger partial charge in [0.15, 0.2) is 0 Å². The topological polar surface area (TPSA) is 44.0 Å². The smallest absolute Gasteiger partial charge is 0.135 e. The Morgan fingerprint density at radius 3 is 2.45 bits per heavy atom. The van der Waals surface area contributed by atoms with E-state index in [1.807, 2.05) is 6.07 Å². The number of halogens is 2. The zero-order valence-corrected chi connectivity index (χ0v) is 6.82. The maximum Gasteiger partial charge on any atom is 0.135 e. The van der Waals surface area contributed by atoms with E-state index in [1.165, 1.54) is 12.1 Å². The van der Waals surface area contributed by atoms with E-state index < -0.39 is 0 Å². The highest BCUT2D eigenvalue weighted by molar-refractivity contribution is 6.43. The minimum Gasteiger partial charge on any atom is -0.506 e. The Bertz CT molecular complexity index is 330. The van der Waals surface area contributed by atoms with Crippen molar-refractivity contribution < 1.29 is 5.11 Å². The van der Waals surface area contributed by atoms with E-state index in [0.29, 0.717) is 0 Å². The molecule has 0 aliphatic rings. The lowest BCUT2D eigenvalue weighted by molar-refractivity contribution is 0.475. The summed E-state index contributed by atoms with van der Waals surface area (Å²) in [4.78, 5) is 0. The number of phenols is 1. The Morgan fingerprint density at radius 1 is 1.27 bits per heavy atom. The average Bonchev–Trinajstić information content (AvgIpc) is 2.01. The van der Waals surface area contributed by atoms with Crippen LogP contribution in [0.4, 0.5) is 0 Å². The van der Waals surface area contributed by atoms with Gasteiger partial charge >= 0.3 is 0 Å². The molecule has 0 aliphatic heterocycles. The molecule has 0 aromatic heterocycles. The van der Waals surface area contributed by atoms with Gasteiger partial charge in [0.05, 0.1) is 10.6 Å². The zero-order chi connectivity index (χ0) is 8.43. The van der Waals surface area contributed by atoms with Gasteiger partial charge in [0.1, 0.15) is 16.8 Å². The highest BCUT2D eigenvalue weighted by Crippen LogP contribution is 2.32. The summed E-state index contributed by atoms with van der Waals surface area (Å²) >= 11 is 11.1. The van der Waals surface area contributed by atoms with Crippen LogP contribution in [0.3, 0.4) is 0 Å². The molecule has 0 bridgehead atoms. The first-order chi connectivity index (χ1) is 5.16. The molecule has 0 heterocycles. The fourth-order valence-corrected chi connectivity index (χ4v) is 0.992. The first kappa shape index (κ1) is 8.19. The number of hydrogen-bond acceptors (Lipinski definition) is 2. The number of nitrogens with zero attached hydrogens (tertiary/aromatic N) is 1. The fraction of sp³-hybridized carbons (Fsp3) is 0. The van der Waals surface area contributed by atoms with Crippen LogP contribution in [0.25, 0.3) is 0 Å². The van der Waals surface area contributed by atoms with Crippen molar-refractivity contribution in [3.8, 4) is 11.8 Å². The minimum absolute atomic E-state index is 0.0192. The van der Waals surface area contributed by atoms with Crippen molar-refractivity contribution in [1.29, 1.82) is 5.26 Å². The van der Waals surface area contributed by atoms with E-state index in [9.17, 15) is 0 Å². The first-order valence-electron chi connectivity index (χ1n) is 2.74. The molecule has 1 N–H and O–H groups in total. The third-order valence-corrected chi connectivity index (χ3v) is 2.05. The van der Waals surface area contributed by atoms with Gasteiger partial charge < -0.3 is 5.11 Å². The molecule has 0 saturated carbocycles. The van der Waals surface area contributed by atoms with Gasteiger partial charge in [0.2, 0.25) is 0 Å². The number of nitriles is 1.